The first-order valence-corrected chi connectivity index (χ1v) is 5.69. The van der Waals surface area contributed by atoms with E-state index in [1.54, 1.807) is 0 Å². The molecule has 0 bridgehead atoms. The van der Waals surface area contributed by atoms with Crippen molar-refractivity contribution >= 4 is 23.2 Å². The summed E-state index contributed by atoms with van der Waals surface area (Å²) < 4.78 is 1.05. The van der Waals surface area contributed by atoms with Gasteiger partial charge in [-0.05, 0) is 24.3 Å². The number of carbonyl (C=O) groups excluding carboxylic acids is 1. The third-order valence-corrected chi connectivity index (χ3v) is 2.63. The molecule has 0 aliphatic rings. The van der Waals surface area contributed by atoms with E-state index in [4.69, 9.17) is 11.6 Å². The molecule has 6 nitrogen and oxygen atoms in total. The number of carbonyl (C=O) groups is 1. The van der Waals surface area contributed by atoms with Gasteiger partial charge in [-0.25, -0.2) is 4.68 Å². The Labute approximate surface area is 113 Å². The molecule has 0 fully saturated rings. The van der Waals surface area contributed by atoms with E-state index in [2.05, 4.69) is 10.4 Å². The van der Waals surface area contributed by atoms with Crippen LogP contribution in [0.5, 0.6) is 5.75 Å². The molecule has 2 N–H and O–H groups in total. The first-order chi connectivity index (χ1) is 8.97. The fourth-order valence-electron chi connectivity index (χ4n) is 1.42. The minimum atomic E-state index is -0.548. The molecule has 0 atom stereocenters. The number of aromatic nitrogens is 2. The summed E-state index contributed by atoms with van der Waals surface area (Å²) in [7, 11) is 1.44. The number of phenolic OH excluding ortho intramolecular Hbond substituents is 1. The highest BCUT2D eigenvalue weighted by Gasteiger charge is 2.11. The van der Waals surface area contributed by atoms with Gasteiger partial charge in [0.1, 0.15) is 11.4 Å². The molecule has 7 heteroatoms. The van der Waals surface area contributed by atoms with Crippen molar-refractivity contribution in [2.45, 2.75) is 0 Å². The average Bonchev–Trinajstić information content (AvgIpc) is 2.37. The topological polar surface area (TPSA) is 84.2 Å². The van der Waals surface area contributed by atoms with E-state index in [1.807, 2.05) is 0 Å². The lowest BCUT2D eigenvalue weighted by Gasteiger charge is -2.07. The number of hydrogen-bond acceptors (Lipinski definition) is 4. The van der Waals surface area contributed by atoms with Gasteiger partial charge in [0.05, 0.1) is 5.69 Å². The molecule has 0 saturated heterocycles. The number of nitrogens with one attached hydrogen (secondary N) is 1. The van der Waals surface area contributed by atoms with Crippen LogP contribution < -0.4 is 10.9 Å². The zero-order valence-electron chi connectivity index (χ0n) is 9.92. The van der Waals surface area contributed by atoms with Crippen LogP contribution in [0.4, 0.5) is 5.69 Å². The van der Waals surface area contributed by atoms with Crippen LogP contribution in [0.1, 0.15) is 10.5 Å². The van der Waals surface area contributed by atoms with Gasteiger partial charge in [0, 0.05) is 18.1 Å². The minimum Gasteiger partial charge on any atom is -0.506 e. The highest BCUT2D eigenvalue weighted by Crippen LogP contribution is 2.26. The van der Waals surface area contributed by atoms with Crippen molar-refractivity contribution in [3.05, 3.63) is 51.4 Å². The number of aryl methyl sites for hydroxylation is 1. The Morgan fingerprint density at radius 1 is 1.37 bits per heavy atom. The van der Waals surface area contributed by atoms with E-state index in [1.165, 1.54) is 37.4 Å². The van der Waals surface area contributed by atoms with E-state index in [9.17, 15) is 14.7 Å². The van der Waals surface area contributed by atoms with Gasteiger partial charge in [0.25, 0.3) is 11.5 Å². The molecule has 0 spiro atoms. The molecular formula is C12H10ClN3O3. The fraction of sp³-hybridized carbons (Fsp3) is 0.0833. The number of amides is 1. The summed E-state index contributed by atoms with van der Waals surface area (Å²) >= 11 is 5.77. The molecule has 2 aromatic rings. The molecule has 0 unspecified atom stereocenters. The molecule has 1 amide bonds. The second-order valence-electron chi connectivity index (χ2n) is 3.80. The van der Waals surface area contributed by atoms with E-state index in [0.29, 0.717) is 5.02 Å². The first kappa shape index (κ1) is 13.1. The van der Waals surface area contributed by atoms with E-state index < -0.39 is 5.91 Å². The zero-order chi connectivity index (χ0) is 14.0. The third-order valence-electron chi connectivity index (χ3n) is 2.40. The average molecular weight is 280 g/mol. The van der Waals surface area contributed by atoms with Crippen LogP contribution in [0.15, 0.2) is 35.1 Å². The quantitative estimate of drug-likeness (QED) is 0.814. The predicted molar refractivity (Wildman–Crippen MR) is 70.5 cm³/mol. The Balaban J connectivity index is 2.28. The van der Waals surface area contributed by atoms with Gasteiger partial charge in [-0.1, -0.05) is 11.6 Å². The highest BCUT2D eigenvalue weighted by molar-refractivity contribution is 6.31. The van der Waals surface area contributed by atoms with E-state index in [-0.39, 0.29) is 22.7 Å². The summed E-state index contributed by atoms with van der Waals surface area (Å²) in [5.74, 6) is -0.657. The zero-order valence-corrected chi connectivity index (χ0v) is 10.7. The summed E-state index contributed by atoms with van der Waals surface area (Å²) in [5, 5.41) is 16.2. The molecule has 0 aliphatic carbocycles. The number of anilines is 1. The van der Waals surface area contributed by atoms with Crippen molar-refractivity contribution in [2.75, 3.05) is 5.32 Å². The number of phenols is 1. The number of nitrogens with zero attached hydrogens (tertiary/aromatic N) is 2. The normalized spacial score (nSPS) is 10.2. The molecule has 1 aromatic heterocycles. The number of rotatable bonds is 2. The summed E-state index contributed by atoms with van der Waals surface area (Å²) in [6, 6.07) is 6.82. The van der Waals surface area contributed by atoms with Gasteiger partial charge < -0.3 is 10.4 Å². The van der Waals surface area contributed by atoms with Crippen LogP contribution >= 0.6 is 11.6 Å². The lowest BCUT2D eigenvalue weighted by atomic mass is 10.2. The van der Waals surface area contributed by atoms with Crippen LogP contribution in [0.25, 0.3) is 0 Å². The van der Waals surface area contributed by atoms with Crippen LogP contribution in [0.2, 0.25) is 5.02 Å². The SMILES string of the molecule is Cn1nc(C(=O)Nc2cc(Cl)ccc2O)ccc1=O. The van der Waals surface area contributed by atoms with Crippen LogP contribution in [0.3, 0.4) is 0 Å². The third kappa shape index (κ3) is 2.92. The lowest BCUT2D eigenvalue weighted by Crippen LogP contribution is -2.23. The van der Waals surface area contributed by atoms with Crippen LogP contribution in [0, 0.1) is 0 Å². The number of halogens is 1. The van der Waals surface area contributed by atoms with Crippen molar-refractivity contribution in [2.24, 2.45) is 7.05 Å². The summed E-state index contributed by atoms with van der Waals surface area (Å²) in [5.41, 5.74) is -0.0863. The predicted octanol–water partition coefficient (Wildman–Crippen LogP) is 1.39. The standard InChI is InChI=1S/C12H10ClN3O3/c1-16-11(18)5-3-8(15-16)12(19)14-9-6-7(13)2-4-10(9)17/h2-6,17H,1H3,(H,14,19). The maximum absolute atomic E-state index is 11.9. The molecule has 2 rings (SSSR count). The summed E-state index contributed by atoms with van der Waals surface area (Å²) in [6.45, 7) is 0. The van der Waals surface area contributed by atoms with E-state index in [0.717, 1.165) is 4.68 Å². The van der Waals surface area contributed by atoms with Gasteiger partial charge in [-0.3, -0.25) is 9.59 Å². The Morgan fingerprint density at radius 2 is 2.11 bits per heavy atom. The summed E-state index contributed by atoms with van der Waals surface area (Å²) in [4.78, 5) is 23.1. The van der Waals surface area contributed by atoms with Gasteiger partial charge in [-0.15, -0.1) is 0 Å². The minimum absolute atomic E-state index is 0.0569. The van der Waals surface area contributed by atoms with Gasteiger partial charge in [0.15, 0.2) is 0 Å². The number of hydrogen-bond donors (Lipinski definition) is 2. The summed E-state index contributed by atoms with van der Waals surface area (Å²) in [6.07, 6.45) is 0. The monoisotopic (exact) mass is 279 g/mol. The molecule has 98 valence electrons. The molecule has 0 radical (unpaired) electrons. The second kappa shape index (κ2) is 5.11. The maximum Gasteiger partial charge on any atom is 0.276 e. The van der Waals surface area contributed by atoms with Crippen molar-refractivity contribution in [1.82, 2.24) is 9.78 Å². The Bertz CT molecular complexity index is 697. The lowest BCUT2D eigenvalue weighted by molar-refractivity contribution is 0.101. The molecule has 0 aliphatic heterocycles. The van der Waals surface area contributed by atoms with Gasteiger partial charge in [-0.2, -0.15) is 5.10 Å². The Hall–Kier alpha value is -2.34. The van der Waals surface area contributed by atoms with E-state index >= 15 is 0 Å². The largest absolute Gasteiger partial charge is 0.506 e. The Morgan fingerprint density at radius 3 is 2.79 bits per heavy atom. The van der Waals surface area contributed by atoms with Crippen LogP contribution in [-0.4, -0.2) is 20.8 Å². The van der Waals surface area contributed by atoms with Crippen molar-refractivity contribution in [3.8, 4) is 5.75 Å². The molecule has 19 heavy (non-hydrogen) atoms. The maximum atomic E-state index is 11.9. The highest BCUT2D eigenvalue weighted by atomic mass is 35.5. The number of benzene rings is 1. The first-order valence-electron chi connectivity index (χ1n) is 5.31. The second-order valence-corrected chi connectivity index (χ2v) is 4.23. The van der Waals surface area contributed by atoms with Gasteiger partial charge in [0.2, 0.25) is 0 Å². The fourth-order valence-corrected chi connectivity index (χ4v) is 1.59. The molecular weight excluding hydrogens is 270 g/mol. The molecule has 1 aromatic carbocycles. The van der Waals surface area contributed by atoms with Crippen molar-refractivity contribution < 1.29 is 9.90 Å². The number of aromatic hydroxyl groups is 1. The smallest absolute Gasteiger partial charge is 0.276 e. The Kier molecular flexibility index (Phi) is 3.52. The molecule has 0 saturated carbocycles. The van der Waals surface area contributed by atoms with Gasteiger partial charge >= 0.3 is 0 Å². The van der Waals surface area contributed by atoms with Crippen molar-refractivity contribution in [3.63, 3.8) is 0 Å². The van der Waals surface area contributed by atoms with Crippen LogP contribution in [-0.2, 0) is 7.05 Å². The van der Waals surface area contributed by atoms with Crippen molar-refractivity contribution in [1.29, 1.82) is 0 Å². The molecule has 1 heterocycles.